The molecule has 1 aliphatic rings. The van der Waals surface area contributed by atoms with Gasteiger partial charge in [0.1, 0.15) is 16.6 Å². The Kier molecular flexibility index (Phi) is 4.29. The van der Waals surface area contributed by atoms with E-state index >= 15 is 0 Å². The van der Waals surface area contributed by atoms with E-state index < -0.39 is 0 Å². The molecule has 94 valence electrons. The van der Waals surface area contributed by atoms with Crippen molar-refractivity contribution in [3.05, 3.63) is 22.2 Å². The van der Waals surface area contributed by atoms with Crippen molar-refractivity contribution >= 4 is 12.2 Å². The Morgan fingerprint density at radius 3 is 2.82 bits per heavy atom. The summed E-state index contributed by atoms with van der Waals surface area (Å²) >= 11 is 5.25. The molecule has 0 bridgehead atoms. The minimum Gasteiger partial charge on any atom is -0.374 e. The molecule has 1 N–H and O–H groups in total. The Balaban J connectivity index is 2.31. The van der Waals surface area contributed by atoms with Crippen LogP contribution in [0.4, 0.5) is 0 Å². The molecule has 1 aliphatic carbocycles. The molecule has 3 nitrogen and oxygen atoms in total. The van der Waals surface area contributed by atoms with E-state index in [1.807, 2.05) is 6.07 Å². The predicted octanol–water partition coefficient (Wildman–Crippen LogP) is 3.89. The Bertz CT molecular complexity index is 396. The highest BCUT2D eigenvalue weighted by atomic mass is 32.1. The molecule has 1 atom stereocenters. The van der Waals surface area contributed by atoms with Crippen LogP contribution in [0.15, 0.2) is 6.07 Å². The van der Waals surface area contributed by atoms with Crippen LogP contribution in [0.25, 0.3) is 0 Å². The summed E-state index contributed by atoms with van der Waals surface area (Å²) in [4.78, 5) is 7.81. The fourth-order valence-electron chi connectivity index (χ4n) is 2.58. The van der Waals surface area contributed by atoms with Crippen LogP contribution in [-0.4, -0.2) is 17.1 Å². The number of hydrogen-bond donors (Lipinski definition) is 1. The molecule has 1 saturated carbocycles. The minimum atomic E-state index is 0.0260. The fourth-order valence-corrected chi connectivity index (χ4v) is 2.80. The van der Waals surface area contributed by atoms with Crippen molar-refractivity contribution < 1.29 is 4.74 Å². The maximum absolute atomic E-state index is 5.42. The van der Waals surface area contributed by atoms with Crippen molar-refractivity contribution in [2.24, 2.45) is 0 Å². The Morgan fingerprint density at radius 1 is 1.53 bits per heavy atom. The van der Waals surface area contributed by atoms with Gasteiger partial charge >= 0.3 is 0 Å². The largest absolute Gasteiger partial charge is 0.374 e. The number of aromatic nitrogens is 2. The van der Waals surface area contributed by atoms with E-state index in [1.54, 1.807) is 7.11 Å². The highest BCUT2D eigenvalue weighted by Gasteiger charge is 2.19. The number of hydrogen-bond acceptors (Lipinski definition) is 3. The first-order chi connectivity index (χ1) is 8.24. The molecule has 0 spiro atoms. The first kappa shape index (κ1) is 12.7. The molecule has 1 unspecified atom stereocenters. The minimum absolute atomic E-state index is 0.0260. The fraction of sp³-hybridized carbons (Fsp3) is 0.692. The van der Waals surface area contributed by atoms with E-state index in [9.17, 15) is 0 Å². The first-order valence-corrected chi connectivity index (χ1v) is 6.79. The van der Waals surface area contributed by atoms with E-state index in [2.05, 4.69) is 16.9 Å². The third-order valence-electron chi connectivity index (χ3n) is 3.54. The molecular weight excluding hydrogens is 232 g/mol. The Morgan fingerprint density at radius 2 is 2.24 bits per heavy atom. The quantitative estimate of drug-likeness (QED) is 0.826. The van der Waals surface area contributed by atoms with Crippen LogP contribution in [0.5, 0.6) is 0 Å². The second-order valence-corrected chi connectivity index (χ2v) is 5.09. The van der Waals surface area contributed by atoms with Gasteiger partial charge in [-0.25, -0.2) is 4.98 Å². The van der Waals surface area contributed by atoms with Crippen LogP contribution >= 0.6 is 12.2 Å². The van der Waals surface area contributed by atoms with Crippen molar-refractivity contribution in [3.8, 4) is 0 Å². The van der Waals surface area contributed by atoms with Gasteiger partial charge in [0.25, 0.3) is 0 Å². The van der Waals surface area contributed by atoms with Crippen molar-refractivity contribution in [1.82, 2.24) is 9.97 Å². The van der Waals surface area contributed by atoms with Gasteiger partial charge in [0.05, 0.1) is 0 Å². The van der Waals surface area contributed by atoms with Gasteiger partial charge < -0.3 is 9.72 Å². The zero-order valence-corrected chi connectivity index (χ0v) is 11.3. The molecule has 0 amide bonds. The third kappa shape index (κ3) is 2.93. The van der Waals surface area contributed by atoms with Gasteiger partial charge in [-0.05, 0) is 31.2 Å². The summed E-state index contributed by atoms with van der Waals surface area (Å²) in [5, 5.41) is 0. The summed E-state index contributed by atoms with van der Waals surface area (Å²) in [6, 6.07) is 2.01. The lowest BCUT2D eigenvalue weighted by atomic mass is 10.0. The monoisotopic (exact) mass is 252 g/mol. The molecule has 0 aliphatic heterocycles. The molecular formula is C13H20N2OS. The normalized spacial score (nSPS) is 18.5. The zero-order valence-electron chi connectivity index (χ0n) is 10.5. The van der Waals surface area contributed by atoms with Crippen LogP contribution < -0.4 is 0 Å². The lowest BCUT2D eigenvalue weighted by Gasteiger charge is -2.16. The highest BCUT2D eigenvalue weighted by Crippen LogP contribution is 2.33. The van der Waals surface area contributed by atoms with Gasteiger partial charge in [-0.3, -0.25) is 0 Å². The molecule has 2 rings (SSSR count). The maximum atomic E-state index is 5.42. The Hall–Kier alpha value is -0.740. The summed E-state index contributed by atoms with van der Waals surface area (Å²) in [6.07, 6.45) is 6.10. The number of nitrogens with zero attached hydrogens (tertiary/aromatic N) is 1. The second kappa shape index (κ2) is 5.74. The van der Waals surface area contributed by atoms with Gasteiger partial charge in [0, 0.05) is 12.8 Å². The number of nitrogens with one attached hydrogen (secondary N) is 1. The van der Waals surface area contributed by atoms with E-state index in [-0.39, 0.29) is 6.10 Å². The topological polar surface area (TPSA) is 37.9 Å². The summed E-state index contributed by atoms with van der Waals surface area (Å²) in [5.41, 5.74) is 1.24. The van der Waals surface area contributed by atoms with Crippen molar-refractivity contribution in [2.75, 3.05) is 7.11 Å². The van der Waals surface area contributed by atoms with Crippen molar-refractivity contribution in [1.29, 1.82) is 0 Å². The van der Waals surface area contributed by atoms with Crippen LogP contribution in [-0.2, 0) is 4.74 Å². The number of ether oxygens (including phenoxy) is 1. The summed E-state index contributed by atoms with van der Waals surface area (Å²) in [6.45, 7) is 2.09. The van der Waals surface area contributed by atoms with Crippen molar-refractivity contribution in [3.63, 3.8) is 0 Å². The third-order valence-corrected chi connectivity index (χ3v) is 3.75. The second-order valence-electron chi connectivity index (χ2n) is 4.67. The van der Waals surface area contributed by atoms with Gasteiger partial charge in [0.2, 0.25) is 0 Å². The molecule has 1 aromatic heterocycles. The molecule has 1 fully saturated rings. The van der Waals surface area contributed by atoms with Gasteiger partial charge in [-0.1, -0.05) is 32.0 Å². The van der Waals surface area contributed by atoms with Crippen LogP contribution in [0.3, 0.4) is 0 Å². The highest BCUT2D eigenvalue weighted by molar-refractivity contribution is 7.71. The number of rotatable bonds is 4. The molecule has 0 radical (unpaired) electrons. The molecule has 1 aromatic rings. The molecule has 0 saturated heterocycles. The van der Waals surface area contributed by atoms with Crippen LogP contribution in [0.2, 0.25) is 0 Å². The predicted molar refractivity (Wildman–Crippen MR) is 70.7 cm³/mol. The molecule has 0 aromatic carbocycles. The lowest BCUT2D eigenvalue weighted by Crippen LogP contribution is -2.09. The standard InChI is InChI=1S/C13H20N2OS/c1-3-11(16-2)13-14-10(8-12(17)15-13)9-6-4-5-7-9/h8-9,11H,3-7H2,1-2H3,(H,14,15,17). The molecule has 17 heavy (non-hydrogen) atoms. The van der Waals surface area contributed by atoms with E-state index in [0.29, 0.717) is 10.6 Å². The van der Waals surface area contributed by atoms with E-state index in [0.717, 1.165) is 12.2 Å². The average Bonchev–Trinajstić information content (AvgIpc) is 2.83. The molecule has 4 heteroatoms. The average molecular weight is 252 g/mol. The SMILES string of the molecule is CCC(OC)c1nc(=S)cc(C2CCCC2)[nH]1. The Labute approximate surface area is 108 Å². The maximum Gasteiger partial charge on any atom is 0.137 e. The summed E-state index contributed by atoms with van der Waals surface area (Å²) in [5.74, 6) is 1.51. The van der Waals surface area contributed by atoms with Crippen LogP contribution in [0, 0.1) is 4.64 Å². The summed E-state index contributed by atoms with van der Waals surface area (Å²) in [7, 11) is 1.72. The molecule has 1 heterocycles. The number of H-pyrrole nitrogens is 1. The van der Waals surface area contributed by atoms with Gasteiger partial charge in [-0.15, -0.1) is 0 Å². The van der Waals surface area contributed by atoms with Gasteiger partial charge in [0.15, 0.2) is 0 Å². The lowest BCUT2D eigenvalue weighted by molar-refractivity contribution is 0.0922. The smallest absolute Gasteiger partial charge is 0.137 e. The number of methoxy groups -OCH3 is 1. The van der Waals surface area contributed by atoms with E-state index in [4.69, 9.17) is 17.0 Å². The number of aromatic amines is 1. The summed E-state index contributed by atoms with van der Waals surface area (Å²) < 4.78 is 6.10. The van der Waals surface area contributed by atoms with Crippen LogP contribution in [0.1, 0.15) is 62.6 Å². The van der Waals surface area contributed by atoms with E-state index in [1.165, 1.54) is 31.4 Å². The van der Waals surface area contributed by atoms with Gasteiger partial charge in [-0.2, -0.15) is 0 Å². The first-order valence-electron chi connectivity index (χ1n) is 6.38. The zero-order chi connectivity index (χ0) is 12.3. The van der Waals surface area contributed by atoms with Crippen molar-refractivity contribution in [2.45, 2.75) is 51.0 Å².